The third-order valence-electron chi connectivity index (χ3n) is 2.52. The third kappa shape index (κ3) is 4.17. The van der Waals surface area contributed by atoms with Crippen molar-refractivity contribution in [2.24, 2.45) is 0 Å². The van der Waals surface area contributed by atoms with Gasteiger partial charge >= 0.3 is 0 Å². The van der Waals surface area contributed by atoms with Crippen LogP contribution in [-0.4, -0.2) is 20.7 Å². The number of hydrogen-bond donors (Lipinski definition) is 1. The number of likely N-dealkylation sites (N-methyl/N-ethyl adjacent to an activating group) is 1. The number of methoxy groups -OCH3 is 1. The molecule has 0 radical (unpaired) electrons. The van der Waals surface area contributed by atoms with E-state index in [0.717, 1.165) is 13.0 Å². The topological polar surface area (TPSA) is 21.3 Å². The van der Waals surface area contributed by atoms with Crippen molar-refractivity contribution in [1.29, 1.82) is 0 Å². The van der Waals surface area contributed by atoms with Gasteiger partial charge in [-0.1, -0.05) is 42.8 Å². The Kier molecular flexibility index (Phi) is 5.83. The molecule has 0 fully saturated rings. The molecule has 0 spiro atoms. The van der Waals surface area contributed by atoms with Gasteiger partial charge in [0.1, 0.15) is 0 Å². The van der Waals surface area contributed by atoms with Gasteiger partial charge in [0, 0.05) is 13.7 Å². The van der Waals surface area contributed by atoms with Crippen molar-refractivity contribution in [3.8, 4) is 0 Å². The second kappa shape index (κ2) is 7.20. The molecule has 16 heavy (non-hydrogen) atoms. The average Bonchev–Trinajstić information content (AvgIpc) is 2.31. The smallest absolute Gasteiger partial charge is 0.0713 e. The Morgan fingerprint density at radius 3 is 2.50 bits per heavy atom. The molecule has 1 rings (SSSR count). The van der Waals surface area contributed by atoms with E-state index in [2.05, 4.69) is 42.6 Å². The highest BCUT2D eigenvalue weighted by Crippen LogP contribution is 2.11. The van der Waals surface area contributed by atoms with Crippen LogP contribution in [0.5, 0.6) is 0 Å². The van der Waals surface area contributed by atoms with Crippen LogP contribution in [0.1, 0.15) is 24.5 Å². The maximum absolute atomic E-state index is 5.08. The molecule has 0 aliphatic rings. The van der Waals surface area contributed by atoms with E-state index in [4.69, 9.17) is 4.74 Å². The predicted molar refractivity (Wildman–Crippen MR) is 69.3 cm³/mol. The standard InChI is InChI=1S/C14H21NO/c1-4-12(10-15-2)9-13-5-7-14(8-6-13)11-16-3/h5-9,15H,4,10-11H2,1-3H3. The molecule has 1 aromatic rings. The minimum Gasteiger partial charge on any atom is -0.380 e. The third-order valence-corrected chi connectivity index (χ3v) is 2.52. The monoisotopic (exact) mass is 219 g/mol. The molecule has 0 bridgehead atoms. The first-order valence-electron chi connectivity index (χ1n) is 5.72. The summed E-state index contributed by atoms with van der Waals surface area (Å²) in [5, 5.41) is 3.18. The fourth-order valence-electron chi connectivity index (χ4n) is 1.62. The van der Waals surface area contributed by atoms with Crippen molar-refractivity contribution in [3.63, 3.8) is 0 Å². The first-order valence-corrected chi connectivity index (χ1v) is 5.72. The molecular formula is C14H21NO. The zero-order chi connectivity index (χ0) is 11.8. The molecule has 2 nitrogen and oxygen atoms in total. The van der Waals surface area contributed by atoms with Crippen molar-refractivity contribution in [2.75, 3.05) is 20.7 Å². The average molecular weight is 219 g/mol. The highest BCUT2D eigenvalue weighted by Gasteiger charge is 1.95. The molecule has 0 saturated carbocycles. The van der Waals surface area contributed by atoms with Gasteiger partial charge in [0.2, 0.25) is 0 Å². The molecule has 88 valence electrons. The SMILES string of the molecule is CCC(=Cc1ccc(COC)cc1)CNC. The Labute approximate surface area is 98.3 Å². The summed E-state index contributed by atoms with van der Waals surface area (Å²) in [6, 6.07) is 8.50. The van der Waals surface area contributed by atoms with E-state index >= 15 is 0 Å². The molecule has 0 heterocycles. The number of hydrogen-bond acceptors (Lipinski definition) is 2. The number of ether oxygens (including phenoxy) is 1. The zero-order valence-corrected chi connectivity index (χ0v) is 10.4. The number of nitrogens with one attached hydrogen (secondary N) is 1. The Morgan fingerprint density at radius 2 is 2.00 bits per heavy atom. The fourth-order valence-corrected chi connectivity index (χ4v) is 1.62. The van der Waals surface area contributed by atoms with Gasteiger partial charge in [-0.05, 0) is 24.6 Å². The van der Waals surface area contributed by atoms with Crippen LogP contribution in [0, 0.1) is 0 Å². The van der Waals surface area contributed by atoms with E-state index in [1.807, 2.05) is 7.05 Å². The molecule has 0 aliphatic carbocycles. The lowest BCUT2D eigenvalue weighted by atomic mass is 10.1. The van der Waals surface area contributed by atoms with Gasteiger partial charge in [0.25, 0.3) is 0 Å². The van der Waals surface area contributed by atoms with E-state index in [0.29, 0.717) is 6.61 Å². The van der Waals surface area contributed by atoms with Crippen LogP contribution in [0.25, 0.3) is 6.08 Å². The van der Waals surface area contributed by atoms with Gasteiger partial charge in [-0.2, -0.15) is 0 Å². The molecule has 1 N–H and O–H groups in total. The largest absolute Gasteiger partial charge is 0.380 e. The van der Waals surface area contributed by atoms with Crippen LogP contribution >= 0.6 is 0 Å². The Bertz CT molecular complexity index is 327. The van der Waals surface area contributed by atoms with Crippen molar-refractivity contribution in [1.82, 2.24) is 5.32 Å². The predicted octanol–water partition coefficient (Wildman–Crippen LogP) is 2.85. The van der Waals surface area contributed by atoms with Gasteiger partial charge in [-0.3, -0.25) is 0 Å². The van der Waals surface area contributed by atoms with E-state index in [1.165, 1.54) is 16.7 Å². The molecule has 2 heteroatoms. The van der Waals surface area contributed by atoms with Crippen molar-refractivity contribution >= 4 is 6.08 Å². The molecular weight excluding hydrogens is 198 g/mol. The lowest BCUT2D eigenvalue weighted by Gasteiger charge is -2.04. The molecule has 0 unspecified atom stereocenters. The second-order valence-electron chi connectivity index (χ2n) is 3.86. The summed E-state index contributed by atoms with van der Waals surface area (Å²) in [5.41, 5.74) is 3.89. The van der Waals surface area contributed by atoms with Crippen LogP contribution in [0.2, 0.25) is 0 Å². The summed E-state index contributed by atoms with van der Waals surface area (Å²) in [6.07, 6.45) is 3.33. The number of benzene rings is 1. The Hall–Kier alpha value is -1.12. The van der Waals surface area contributed by atoms with Crippen LogP contribution in [-0.2, 0) is 11.3 Å². The van der Waals surface area contributed by atoms with Crippen LogP contribution in [0.15, 0.2) is 29.8 Å². The van der Waals surface area contributed by atoms with Crippen molar-refractivity contribution in [2.45, 2.75) is 20.0 Å². The van der Waals surface area contributed by atoms with Crippen molar-refractivity contribution < 1.29 is 4.74 Å². The lowest BCUT2D eigenvalue weighted by Crippen LogP contribution is -2.09. The first kappa shape index (κ1) is 12.9. The molecule has 0 aliphatic heterocycles. The summed E-state index contributed by atoms with van der Waals surface area (Å²) >= 11 is 0. The normalized spacial score (nSPS) is 11.8. The maximum atomic E-state index is 5.08. The van der Waals surface area contributed by atoms with E-state index in [-0.39, 0.29) is 0 Å². The van der Waals surface area contributed by atoms with Gasteiger partial charge in [-0.25, -0.2) is 0 Å². The van der Waals surface area contributed by atoms with E-state index in [1.54, 1.807) is 7.11 Å². The van der Waals surface area contributed by atoms with Gasteiger partial charge in [-0.15, -0.1) is 0 Å². The summed E-state index contributed by atoms with van der Waals surface area (Å²) < 4.78 is 5.08. The van der Waals surface area contributed by atoms with E-state index < -0.39 is 0 Å². The lowest BCUT2D eigenvalue weighted by molar-refractivity contribution is 0.185. The van der Waals surface area contributed by atoms with Gasteiger partial charge < -0.3 is 10.1 Å². The number of rotatable bonds is 6. The Morgan fingerprint density at radius 1 is 1.31 bits per heavy atom. The minimum absolute atomic E-state index is 0.682. The van der Waals surface area contributed by atoms with Gasteiger partial charge in [0.05, 0.1) is 6.61 Å². The maximum Gasteiger partial charge on any atom is 0.0713 e. The van der Waals surface area contributed by atoms with Crippen molar-refractivity contribution in [3.05, 3.63) is 41.0 Å². The van der Waals surface area contributed by atoms with Gasteiger partial charge in [0.15, 0.2) is 0 Å². The highest BCUT2D eigenvalue weighted by atomic mass is 16.5. The summed E-state index contributed by atoms with van der Waals surface area (Å²) in [6.45, 7) is 3.82. The molecule has 0 saturated heterocycles. The second-order valence-corrected chi connectivity index (χ2v) is 3.86. The molecule has 0 atom stereocenters. The molecule has 0 aromatic heterocycles. The summed E-state index contributed by atoms with van der Waals surface area (Å²) in [7, 11) is 3.70. The first-order chi connectivity index (χ1) is 7.80. The molecule has 0 amide bonds. The quantitative estimate of drug-likeness (QED) is 0.794. The summed E-state index contributed by atoms with van der Waals surface area (Å²) in [4.78, 5) is 0. The highest BCUT2D eigenvalue weighted by molar-refractivity contribution is 5.53. The summed E-state index contributed by atoms with van der Waals surface area (Å²) in [5.74, 6) is 0. The molecule has 1 aromatic carbocycles. The zero-order valence-electron chi connectivity index (χ0n) is 10.4. The fraction of sp³-hybridized carbons (Fsp3) is 0.429. The van der Waals surface area contributed by atoms with Crippen LogP contribution in [0.4, 0.5) is 0 Å². The Balaban J connectivity index is 2.72. The van der Waals surface area contributed by atoms with E-state index in [9.17, 15) is 0 Å². The van der Waals surface area contributed by atoms with Crippen LogP contribution in [0.3, 0.4) is 0 Å². The minimum atomic E-state index is 0.682. The van der Waals surface area contributed by atoms with Crippen LogP contribution < -0.4 is 5.32 Å².